The lowest BCUT2D eigenvalue weighted by Gasteiger charge is -2.08. The molecule has 2 aromatic rings. The first kappa shape index (κ1) is 14.1. The van der Waals surface area contributed by atoms with E-state index in [4.69, 9.17) is 5.73 Å². The maximum absolute atomic E-state index is 11.1. The minimum atomic E-state index is -0.520. The van der Waals surface area contributed by atoms with E-state index in [-0.39, 0.29) is 23.1 Å². The van der Waals surface area contributed by atoms with E-state index >= 15 is 0 Å². The number of anilines is 3. The van der Waals surface area contributed by atoms with Crippen molar-refractivity contribution in [2.75, 3.05) is 17.3 Å². The highest BCUT2D eigenvalue weighted by atomic mass is 32.2. The highest BCUT2D eigenvalue weighted by Crippen LogP contribution is 2.29. The van der Waals surface area contributed by atoms with Crippen LogP contribution < -0.4 is 11.1 Å². The second-order valence-electron chi connectivity index (χ2n) is 3.98. The number of nitrogens with two attached hydrogens (primary N) is 1. The van der Waals surface area contributed by atoms with Crippen molar-refractivity contribution in [3.8, 4) is 0 Å². The summed E-state index contributed by atoms with van der Waals surface area (Å²) in [5, 5.41) is 14.0. The number of nitro groups is 1. The van der Waals surface area contributed by atoms with Crippen molar-refractivity contribution >= 4 is 34.9 Å². The van der Waals surface area contributed by atoms with Gasteiger partial charge in [0.1, 0.15) is 5.69 Å². The molecule has 0 aliphatic rings. The van der Waals surface area contributed by atoms with Crippen LogP contribution in [-0.4, -0.2) is 21.1 Å². The highest BCUT2D eigenvalue weighted by Gasteiger charge is 2.21. The molecule has 0 radical (unpaired) electrons. The Morgan fingerprint density at radius 3 is 2.50 bits per heavy atom. The quantitative estimate of drug-likeness (QED) is 0.506. The number of nitrogens with zero attached hydrogens (tertiary/aromatic N) is 3. The number of hydrogen-bond acceptors (Lipinski definition) is 7. The van der Waals surface area contributed by atoms with Gasteiger partial charge in [0.05, 0.1) is 4.92 Å². The first-order valence-electron chi connectivity index (χ1n) is 5.71. The van der Waals surface area contributed by atoms with Crippen LogP contribution in [0.25, 0.3) is 0 Å². The zero-order valence-electron chi connectivity index (χ0n) is 11.0. The smallest absolute Gasteiger partial charge is 0.332 e. The van der Waals surface area contributed by atoms with Crippen LogP contribution in [-0.2, 0) is 0 Å². The van der Waals surface area contributed by atoms with Crippen LogP contribution in [0, 0.1) is 17.0 Å². The van der Waals surface area contributed by atoms with Crippen molar-refractivity contribution < 1.29 is 4.92 Å². The molecule has 1 aromatic carbocycles. The van der Waals surface area contributed by atoms with E-state index in [1.807, 2.05) is 30.5 Å². The summed E-state index contributed by atoms with van der Waals surface area (Å²) in [6.45, 7) is 1.53. The summed E-state index contributed by atoms with van der Waals surface area (Å²) < 4.78 is 0. The van der Waals surface area contributed by atoms with Crippen LogP contribution in [0.1, 0.15) is 5.69 Å². The fourth-order valence-corrected chi connectivity index (χ4v) is 2.11. The predicted octanol–water partition coefficient (Wildman–Crippen LogP) is 2.74. The lowest BCUT2D eigenvalue weighted by Crippen LogP contribution is -2.06. The second kappa shape index (κ2) is 5.74. The van der Waals surface area contributed by atoms with E-state index in [2.05, 4.69) is 15.3 Å². The molecule has 0 unspecified atom stereocenters. The molecule has 20 heavy (non-hydrogen) atoms. The Kier molecular flexibility index (Phi) is 4.04. The monoisotopic (exact) mass is 291 g/mol. The van der Waals surface area contributed by atoms with Crippen LogP contribution in [0.2, 0.25) is 0 Å². The van der Waals surface area contributed by atoms with Gasteiger partial charge >= 0.3 is 5.69 Å². The molecule has 0 atom stereocenters. The number of hydrogen-bond donors (Lipinski definition) is 2. The van der Waals surface area contributed by atoms with Crippen LogP contribution in [0.5, 0.6) is 0 Å². The molecule has 0 spiro atoms. The summed E-state index contributed by atoms with van der Waals surface area (Å²) in [5.41, 5.74) is 6.29. The topological polar surface area (TPSA) is 107 Å². The molecule has 7 nitrogen and oxygen atoms in total. The lowest BCUT2D eigenvalue weighted by atomic mass is 10.3. The summed E-state index contributed by atoms with van der Waals surface area (Å²) in [4.78, 5) is 19.4. The van der Waals surface area contributed by atoms with Crippen LogP contribution >= 0.6 is 11.8 Å². The van der Waals surface area contributed by atoms with Crippen molar-refractivity contribution in [2.24, 2.45) is 0 Å². The Bertz CT molecular complexity index is 645. The largest absolute Gasteiger partial charge is 0.368 e. The summed E-state index contributed by atoms with van der Waals surface area (Å²) >= 11 is 1.62. The van der Waals surface area contributed by atoms with Gasteiger partial charge in [0.2, 0.25) is 11.8 Å². The number of nitrogen functional groups attached to an aromatic ring is 1. The molecule has 3 N–H and O–H groups in total. The molecule has 104 valence electrons. The van der Waals surface area contributed by atoms with Crippen molar-refractivity contribution in [3.63, 3.8) is 0 Å². The van der Waals surface area contributed by atoms with Gasteiger partial charge in [0.25, 0.3) is 0 Å². The maximum atomic E-state index is 11.1. The van der Waals surface area contributed by atoms with Crippen LogP contribution in [0.15, 0.2) is 29.2 Å². The molecule has 1 aromatic heterocycles. The summed E-state index contributed by atoms with van der Waals surface area (Å²) in [6.07, 6.45) is 1.97. The molecule has 8 heteroatoms. The molecule has 0 saturated heterocycles. The fourth-order valence-electron chi connectivity index (χ4n) is 1.71. The molecular formula is C12H13N5O2S. The van der Waals surface area contributed by atoms with E-state index in [9.17, 15) is 10.1 Å². The molecule has 0 fully saturated rings. The van der Waals surface area contributed by atoms with E-state index in [0.29, 0.717) is 5.69 Å². The third kappa shape index (κ3) is 2.97. The Balaban J connectivity index is 2.39. The first-order valence-corrected chi connectivity index (χ1v) is 6.93. The van der Waals surface area contributed by atoms with Gasteiger partial charge in [-0.25, -0.2) is 4.98 Å². The molecule has 2 rings (SSSR count). The Hall–Kier alpha value is -2.35. The zero-order chi connectivity index (χ0) is 14.7. The molecule has 0 aliphatic heterocycles. The number of rotatable bonds is 4. The summed E-state index contributed by atoms with van der Waals surface area (Å²) in [5.74, 6) is 0.0910. The van der Waals surface area contributed by atoms with E-state index in [1.165, 1.54) is 6.92 Å². The van der Waals surface area contributed by atoms with Crippen LogP contribution in [0.4, 0.5) is 23.1 Å². The first-order chi connectivity index (χ1) is 9.51. The van der Waals surface area contributed by atoms with Gasteiger partial charge in [-0.1, -0.05) is 0 Å². The van der Waals surface area contributed by atoms with Gasteiger partial charge in [0, 0.05) is 10.6 Å². The predicted molar refractivity (Wildman–Crippen MR) is 79.3 cm³/mol. The minimum Gasteiger partial charge on any atom is -0.368 e. The third-order valence-electron chi connectivity index (χ3n) is 2.61. The van der Waals surface area contributed by atoms with E-state index in [1.54, 1.807) is 11.8 Å². The van der Waals surface area contributed by atoms with Crippen molar-refractivity contribution in [1.82, 2.24) is 9.97 Å². The maximum Gasteiger partial charge on any atom is 0.332 e. The average molecular weight is 291 g/mol. The Labute approximate surface area is 119 Å². The summed E-state index contributed by atoms with van der Waals surface area (Å²) in [6, 6.07) is 7.47. The van der Waals surface area contributed by atoms with Crippen molar-refractivity contribution in [3.05, 3.63) is 40.1 Å². The highest BCUT2D eigenvalue weighted by molar-refractivity contribution is 7.98. The molecule has 0 saturated carbocycles. The average Bonchev–Trinajstić information content (AvgIpc) is 2.38. The molecule has 0 amide bonds. The Morgan fingerprint density at radius 1 is 1.30 bits per heavy atom. The standard InChI is InChI=1S/C12H13N5O2S/c1-7-10(17(18)19)11(16-12(13)14-7)15-8-3-5-9(20-2)6-4-8/h3-6H,1-2H3,(H3,13,14,15,16). The van der Waals surface area contributed by atoms with E-state index < -0.39 is 4.92 Å². The number of benzene rings is 1. The zero-order valence-corrected chi connectivity index (χ0v) is 11.8. The number of nitrogens with one attached hydrogen (secondary N) is 1. The van der Waals surface area contributed by atoms with Gasteiger partial charge in [0.15, 0.2) is 0 Å². The van der Waals surface area contributed by atoms with Crippen molar-refractivity contribution in [2.45, 2.75) is 11.8 Å². The Morgan fingerprint density at radius 2 is 1.95 bits per heavy atom. The van der Waals surface area contributed by atoms with Gasteiger partial charge in [-0.05, 0) is 37.4 Å². The lowest BCUT2D eigenvalue weighted by molar-refractivity contribution is -0.385. The normalized spacial score (nSPS) is 10.3. The fraction of sp³-hybridized carbons (Fsp3) is 0.167. The van der Waals surface area contributed by atoms with Gasteiger partial charge in [-0.3, -0.25) is 10.1 Å². The molecule has 0 bridgehead atoms. The molecule has 1 heterocycles. The number of thioether (sulfide) groups is 1. The SMILES string of the molecule is CSc1ccc(Nc2nc(N)nc(C)c2[N+](=O)[O-])cc1. The summed E-state index contributed by atoms with van der Waals surface area (Å²) in [7, 11) is 0. The molecular weight excluding hydrogens is 278 g/mol. The van der Waals surface area contributed by atoms with Crippen molar-refractivity contribution in [1.29, 1.82) is 0 Å². The minimum absolute atomic E-state index is 0.00339. The second-order valence-corrected chi connectivity index (χ2v) is 4.85. The van der Waals surface area contributed by atoms with Crippen LogP contribution in [0.3, 0.4) is 0 Å². The molecule has 0 aliphatic carbocycles. The number of aryl methyl sites for hydroxylation is 1. The third-order valence-corrected chi connectivity index (χ3v) is 3.35. The van der Waals surface area contributed by atoms with E-state index in [0.717, 1.165) is 4.90 Å². The van der Waals surface area contributed by atoms with Gasteiger partial charge < -0.3 is 11.1 Å². The number of aromatic nitrogens is 2. The van der Waals surface area contributed by atoms with Gasteiger partial charge in [-0.2, -0.15) is 4.98 Å². The van der Waals surface area contributed by atoms with Gasteiger partial charge in [-0.15, -0.1) is 11.8 Å².